The van der Waals surface area contributed by atoms with Crippen LogP contribution in [0.25, 0.3) is 0 Å². The van der Waals surface area contributed by atoms with Gasteiger partial charge in [-0.25, -0.2) is 0 Å². The van der Waals surface area contributed by atoms with Crippen molar-refractivity contribution in [1.82, 2.24) is 4.90 Å². The molecule has 1 saturated carbocycles. The highest BCUT2D eigenvalue weighted by molar-refractivity contribution is 5.19. The molecule has 1 unspecified atom stereocenters. The lowest BCUT2D eigenvalue weighted by Gasteiger charge is -2.43. The van der Waals surface area contributed by atoms with Crippen LogP contribution in [0.4, 0.5) is 0 Å². The van der Waals surface area contributed by atoms with Crippen molar-refractivity contribution in [2.75, 3.05) is 7.11 Å². The summed E-state index contributed by atoms with van der Waals surface area (Å²) in [7, 11) is 1.77. The SMILES string of the molecule is COC1(C)CCC(N2C=CC=C(N)C2O)CC1. The van der Waals surface area contributed by atoms with E-state index in [0.717, 1.165) is 25.7 Å². The normalized spacial score (nSPS) is 38.1. The first-order chi connectivity index (χ1) is 8.06. The molecule has 96 valence electrons. The number of aliphatic hydroxyl groups excluding tert-OH is 1. The van der Waals surface area contributed by atoms with Crippen LogP contribution >= 0.6 is 0 Å². The largest absolute Gasteiger partial charge is 0.398 e. The minimum atomic E-state index is -0.670. The zero-order valence-corrected chi connectivity index (χ0v) is 10.6. The summed E-state index contributed by atoms with van der Waals surface area (Å²) in [6.45, 7) is 2.15. The molecule has 0 aromatic carbocycles. The molecule has 2 rings (SSSR count). The number of nitrogens with two attached hydrogens (primary N) is 1. The summed E-state index contributed by atoms with van der Waals surface area (Å²) in [5.74, 6) is 0. The van der Waals surface area contributed by atoms with E-state index < -0.39 is 6.23 Å². The standard InChI is InChI=1S/C13H22N2O2/c1-13(17-2)7-5-10(6-8-13)15-9-3-4-11(14)12(15)16/h3-4,9-10,12,16H,5-8,14H2,1-2H3. The molecular weight excluding hydrogens is 216 g/mol. The van der Waals surface area contributed by atoms with Gasteiger partial charge < -0.3 is 20.5 Å². The van der Waals surface area contributed by atoms with E-state index >= 15 is 0 Å². The van der Waals surface area contributed by atoms with Gasteiger partial charge in [0.2, 0.25) is 0 Å². The van der Waals surface area contributed by atoms with Gasteiger partial charge >= 0.3 is 0 Å². The van der Waals surface area contributed by atoms with Gasteiger partial charge in [0.15, 0.2) is 6.23 Å². The van der Waals surface area contributed by atoms with E-state index in [9.17, 15) is 5.11 Å². The number of methoxy groups -OCH3 is 1. The average molecular weight is 238 g/mol. The lowest BCUT2D eigenvalue weighted by molar-refractivity contribution is -0.0539. The van der Waals surface area contributed by atoms with Gasteiger partial charge in [-0.15, -0.1) is 0 Å². The maximum absolute atomic E-state index is 10.0. The maximum atomic E-state index is 10.0. The average Bonchev–Trinajstić information content (AvgIpc) is 2.34. The molecule has 0 aromatic heterocycles. The van der Waals surface area contributed by atoms with Crippen LogP contribution in [0, 0.1) is 0 Å². The Morgan fingerprint density at radius 2 is 2.12 bits per heavy atom. The second kappa shape index (κ2) is 4.70. The predicted molar refractivity (Wildman–Crippen MR) is 66.9 cm³/mol. The summed E-state index contributed by atoms with van der Waals surface area (Å²) >= 11 is 0. The van der Waals surface area contributed by atoms with Crippen molar-refractivity contribution in [3.05, 3.63) is 24.0 Å². The van der Waals surface area contributed by atoms with Gasteiger partial charge in [0.1, 0.15) is 0 Å². The Morgan fingerprint density at radius 1 is 1.47 bits per heavy atom. The summed E-state index contributed by atoms with van der Waals surface area (Å²) in [6, 6.07) is 0.358. The highest BCUT2D eigenvalue weighted by Gasteiger charge is 2.35. The second-order valence-electron chi connectivity index (χ2n) is 5.21. The van der Waals surface area contributed by atoms with Crippen molar-refractivity contribution in [3.63, 3.8) is 0 Å². The zero-order chi connectivity index (χ0) is 12.5. The summed E-state index contributed by atoms with van der Waals surface area (Å²) < 4.78 is 5.53. The number of aliphatic hydroxyl groups is 1. The van der Waals surface area contributed by atoms with E-state index in [-0.39, 0.29) is 5.60 Å². The molecule has 0 aromatic rings. The molecule has 1 fully saturated rings. The lowest BCUT2D eigenvalue weighted by Crippen LogP contribution is -2.47. The molecule has 4 nitrogen and oxygen atoms in total. The summed E-state index contributed by atoms with van der Waals surface area (Å²) in [4.78, 5) is 1.96. The van der Waals surface area contributed by atoms with Crippen molar-refractivity contribution >= 4 is 0 Å². The molecule has 1 atom stereocenters. The van der Waals surface area contributed by atoms with Gasteiger partial charge in [0.25, 0.3) is 0 Å². The van der Waals surface area contributed by atoms with E-state index in [1.807, 2.05) is 17.2 Å². The van der Waals surface area contributed by atoms with Crippen LogP contribution in [-0.4, -0.2) is 35.0 Å². The van der Waals surface area contributed by atoms with Gasteiger partial charge in [-0.3, -0.25) is 0 Å². The van der Waals surface area contributed by atoms with Crippen LogP contribution in [0.5, 0.6) is 0 Å². The molecule has 1 aliphatic heterocycles. The van der Waals surface area contributed by atoms with Gasteiger partial charge in [-0.1, -0.05) is 0 Å². The molecule has 0 saturated heterocycles. The first-order valence-corrected chi connectivity index (χ1v) is 6.20. The minimum absolute atomic E-state index is 0.00232. The Morgan fingerprint density at radius 3 is 2.71 bits per heavy atom. The Hall–Kier alpha value is -1.00. The Labute approximate surface area is 103 Å². The minimum Gasteiger partial charge on any atom is -0.398 e. The smallest absolute Gasteiger partial charge is 0.167 e. The number of allylic oxidation sites excluding steroid dienone is 2. The molecule has 4 heteroatoms. The summed E-state index contributed by atoms with van der Waals surface area (Å²) in [5.41, 5.74) is 6.27. The van der Waals surface area contributed by atoms with E-state index in [4.69, 9.17) is 10.5 Å². The third kappa shape index (κ3) is 2.48. The second-order valence-corrected chi connectivity index (χ2v) is 5.21. The van der Waals surface area contributed by atoms with Crippen LogP contribution in [0.1, 0.15) is 32.6 Å². The van der Waals surface area contributed by atoms with Crippen LogP contribution in [-0.2, 0) is 4.74 Å². The third-order valence-electron chi connectivity index (χ3n) is 4.05. The Bertz CT molecular complexity index is 330. The number of nitrogens with zero attached hydrogens (tertiary/aromatic N) is 1. The van der Waals surface area contributed by atoms with Crippen molar-refractivity contribution in [2.24, 2.45) is 5.73 Å². The van der Waals surface area contributed by atoms with E-state index in [2.05, 4.69) is 6.92 Å². The van der Waals surface area contributed by atoms with Gasteiger partial charge in [0.05, 0.1) is 11.3 Å². The zero-order valence-electron chi connectivity index (χ0n) is 10.6. The van der Waals surface area contributed by atoms with Crippen LogP contribution < -0.4 is 5.73 Å². The topological polar surface area (TPSA) is 58.7 Å². The van der Waals surface area contributed by atoms with Crippen molar-refractivity contribution in [2.45, 2.75) is 50.5 Å². The van der Waals surface area contributed by atoms with Gasteiger partial charge in [-0.2, -0.15) is 0 Å². The quantitative estimate of drug-likeness (QED) is 0.762. The molecule has 0 radical (unpaired) electrons. The van der Waals surface area contributed by atoms with Crippen molar-refractivity contribution in [1.29, 1.82) is 0 Å². The fraction of sp³-hybridized carbons (Fsp3) is 0.692. The molecule has 1 heterocycles. The van der Waals surface area contributed by atoms with E-state index in [1.165, 1.54) is 0 Å². The Balaban J connectivity index is 1.98. The Kier molecular flexibility index (Phi) is 3.45. The molecule has 0 amide bonds. The molecule has 1 aliphatic carbocycles. The highest BCUT2D eigenvalue weighted by atomic mass is 16.5. The maximum Gasteiger partial charge on any atom is 0.167 e. The molecule has 2 aliphatic rings. The number of hydrogen-bond donors (Lipinski definition) is 2. The van der Waals surface area contributed by atoms with Crippen molar-refractivity contribution in [3.8, 4) is 0 Å². The van der Waals surface area contributed by atoms with Gasteiger partial charge in [-0.05, 0) is 44.8 Å². The van der Waals surface area contributed by atoms with Crippen LogP contribution in [0.15, 0.2) is 24.0 Å². The van der Waals surface area contributed by atoms with Crippen LogP contribution in [0.2, 0.25) is 0 Å². The number of rotatable bonds is 2. The highest BCUT2D eigenvalue weighted by Crippen LogP contribution is 2.34. The molecule has 17 heavy (non-hydrogen) atoms. The van der Waals surface area contributed by atoms with Crippen LogP contribution in [0.3, 0.4) is 0 Å². The number of hydrogen-bond acceptors (Lipinski definition) is 4. The molecular formula is C13H22N2O2. The van der Waals surface area contributed by atoms with Crippen molar-refractivity contribution < 1.29 is 9.84 Å². The van der Waals surface area contributed by atoms with Gasteiger partial charge in [0, 0.05) is 19.4 Å². The lowest BCUT2D eigenvalue weighted by atomic mass is 9.82. The fourth-order valence-corrected chi connectivity index (χ4v) is 2.63. The first kappa shape index (κ1) is 12.5. The van der Waals surface area contributed by atoms with E-state index in [0.29, 0.717) is 11.7 Å². The molecule has 0 bridgehead atoms. The number of ether oxygens (including phenoxy) is 1. The predicted octanol–water partition coefficient (Wildman–Crippen LogP) is 1.32. The third-order valence-corrected chi connectivity index (χ3v) is 4.05. The monoisotopic (exact) mass is 238 g/mol. The molecule has 3 N–H and O–H groups in total. The summed E-state index contributed by atoms with van der Waals surface area (Å²) in [5, 5.41) is 10.0. The molecule has 0 spiro atoms. The summed E-state index contributed by atoms with van der Waals surface area (Å²) in [6.07, 6.45) is 9.01. The first-order valence-electron chi connectivity index (χ1n) is 6.20. The fourth-order valence-electron chi connectivity index (χ4n) is 2.63. The van der Waals surface area contributed by atoms with E-state index in [1.54, 1.807) is 13.2 Å².